The average Bonchev–Trinajstić information content (AvgIpc) is 3.17. The zero-order valence-electron chi connectivity index (χ0n) is 18.3. The van der Waals surface area contributed by atoms with Gasteiger partial charge in [-0.05, 0) is 41.1 Å². The number of rotatable bonds is 5. The molecule has 33 heavy (non-hydrogen) atoms. The molecule has 5 rings (SSSR count). The fraction of sp³-hybridized carbons (Fsp3) is 0.360. The molecule has 0 spiro atoms. The number of hydrogen-bond donors (Lipinski definition) is 1. The van der Waals surface area contributed by atoms with Gasteiger partial charge in [-0.3, -0.25) is 14.5 Å². The van der Waals surface area contributed by atoms with Crippen molar-refractivity contribution in [3.05, 3.63) is 70.1 Å². The van der Waals surface area contributed by atoms with Crippen molar-refractivity contribution in [3.63, 3.8) is 0 Å². The van der Waals surface area contributed by atoms with Crippen molar-refractivity contribution in [2.45, 2.75) is 38.4 Å². The molecule has 1 N–H and O–H groups in total. The Morgan fingerprint density at radius 1 is 1.09 bits per heavy atom. The highest BCUT2D eigenvalue weighted by Crippen LogP contribution is 2.33. The van der Waals surface area contributed by atoms with Gasteiger partial charge in [0.2, 0.25) is 11.8 Å². The van der Waals surface area contributed by atoms with Crippen molar-refractivity contribution in [1.29, 1.82) is 0 Å². The fourth-order valence-corrected chi connectivity index (χ4v) is 6.03. The Kier molecular flexibility index (Phi) is 5.88. The van der Waals surface area contributed by atoms with Gasteiger partial charge in [-0.1, -0.05) is 31.2 Å². The molecule has 2 aromatic carbocycles. The molecule has 0 saturated carbocycles. The molecule has 0 bridgehead atoms. The molecule has 3 heterocycles. The molecule has 5 nitrogen and oxygen atoms in total. The molecule has 2 atom stereocenters. The number of nitrogens with one attached hydrogen (secondary N) is 1. The van der Waals surface area contributed by atoms with Gasteiger partial charge in [-0.15, -0.1) is 11.3 Å². The third-order valence-electron chi connectivity index (χ3n) is 6.57. The van der Waals surface area contributed by atoms with Crippen LogP contribution in [0.15, 0.2) is 42.5 Å². The third-order valence-corrected chi connectivity index (χ3v) is 7.93. The molecular formula is C25H25F2N3O2S. The molecule has 2 saturated heterocycles. The summed E-state index contributed by atoms with van der Waals surface area (Å²) in [6.45, 7) is 4.53. The maximum Gasteiger partial charge on any atom is 0.246 e. The Labute approximate surface area is 195 Å². The first kappa shape index (κ1) is 22.0. The summed E-state index contributed by atoms with van der Waals surface area (Å²) in [6.07, 6.45) is 1.10. The number of nitrogens with zero attached hydrogens (tertiary/aromatic N) is 2. The first-order chi connectivity index (χ1) is 15.9. The highest BCUT2D eigenvalue weighted by atomic mass is 32.1. The Balaban J connectivity index is 1.30. The van der Waals surface area contributed by atoms with Crippen LogP contribution < -0.4 is 5.32 Å². The van der Waals surface area contributed by atoms with Crippen molar-refractivity contribution in [3.8, 4) is 0 Å². The highest BCUT2D eigenvalue weighted by Gasteiger charge is 2.43. The summed E-state index contributed by atoms with van der Waals surface area (Å²) in [5.41, 5.74) is 1.78. The van der Waals surface area contributed by atoms with Gasteiger partial charge < -0.3 is 10.2 Å². The van der Waals surface area contributed by atoms with E-state index >= 15 is 0 Å². The van der Waals surface area contributed by atoms with E-state index in [1.165, 1.54) is 26.6 Å². The average molecular weight is 470 g/mol. The first-order valence-corrected chi connectivity index (χ1v) is 12.0. The van der Waals surface area contributed by atoms with Crippen LogP contribution in [0, 0.1) is 11.6 Å². The standard InChI is InChI=1S/C25H25F2N3O2S/c1-2-22-17(16-5-3-4-6-23(16)33-22)13-29-9-10-30-21(14-29)24(31)28-20(25(30)32)12-15-7-8-18(26)19(27)11-15/h3-8,11,20-21H,2,9-10,12-14H2,1H3,(H,28,31). The zero-order chi connectivity index (χ0) is 23.1. The van der Waals surface area contributed by atoms with E-state index in [4.69, 9.17) is 0 Å². The fourth-order valence-electron chi connectivity index (χ4n) is 4.87. The van der Waals surface area contributed by atoms with Crippen molar-refractivity contribution in [2.24, 2.45) is 0 Å². The minimum absolute atomic E-state index is 0.134. The number of hydrogen-bond acceptors (Lipinski definition) is 4. The summed E-state index contributed by atoms with van der Waals surface area (Å²) >= 11 is 1.82. The first-order valence-electron chi connectivity index (χ1n) is 11.2. The van der Waals surface area contributed by atoms with Crippen LogP contribution in [0.2, 0.25) is 0 Å². The molecule has 2 amide bonds. The number of carbonyl (C=O) groups excluding carboxylic acids is 2. The van der Waals surface area contributed by atoms with E-state index in [9.17, 15) is 18.4 Å². The Morgan fingerprint density at radius 2 is 1.91 bits per heavy atom. The Hall–Kier alpha value is -2.84. The van der Waals surface area contributed by atoms with Crippen LogP contribution in [0.25, 0.3) is 10.1 Å². The van der Waals surface area contributed by atoms with Gasteiger partial charge in [0.05, 0.1) is 0 Å². The minimum Gasteiger partial charge on any atom is -0.342 e. The van der Waals surface area contributed by atoms with Gasteiger partial charge in [0.1, 0.15) is 12.1 Å². The van der Waals surface area contributed by atoms with Crippen molar-refractivity contribution >= 4 is 33.2 Å². The predicted octanol–water partition coefficient (Wildman–Crippen LogP) is 3.50. The van der Waals surface area contributed by atoms with E-state index in [0.717, 1.165) is 25.1 Å². The lowest BCUT2D eigenvalue weighted by Gasteiger charge is -2.45. The van der Waals surface area contributed by atoms with Crippen LogP contribution in [-0.4, -0.2) is 53.3 Å². The van der Waals surface area contributed by atoms with Gasteiger partial charge >= 0.3 is 0 Å². The smallest absolute Gasteiger partial charge is 0.246 e. The number of thiophene rings is 1. The number of piperazine rings is 2. The molecule has 1 aromatic heterocycles. The maximum absolute atomic E-state index is 13.6. The highest BCUT2D eigenvalue weighted by molar-refractivity contribution is 7.19. The molecule has 0 radical (unpaired) electrons. The van der Waals surface area contributed by atoms with E-state index < -0.39 is 23.7 Å². The summed E-state index contributed by atoms with van der Waals surface area (Å²) in [6, 6.07) is 10.6. The molecule has 0 aliphatic carbocycles. The van der Waals surface area contributed by atoms with Crippen LogP contribution in [-0.2, 0) is 29.0 Å². The zero-order valence-corrected chi connectivity index (χ0v) is 19.1. The Bertz CT molecular complexity index is 1230. The molecule has 8 heteroatoms. The number of amides is 2. The molecular weight excluding hydrogens is 444 g/mol. The number of carbonyl (C=O) groups is 2. The lowest BCUT2D eigenvalue weighted by Crippen LogP contribution is -2.69. The summed E-state index contributed by atoms with van der Waals surface area (Å²) in [4.78, 5) is 31.3. The topological polar surface area (TPSA) is 52.6 Å². The van der Waals surface area contributed by atoms with Crippen molar-refractivity contribution < 1.29 is 18.4 Å². The van der Waals surface area contributed by atoms with E-state index in [1.54, 1.807) is 4.90 Å². The lowest BCUT2D eigenvalue weighted by molar-refractivity contribution is -0.153. The molecule has 2 unspecified atom stereocenters. The van der Waals surface area contributed by atoms with Crippen LogP contribution >= 0.6 is 11.3 Å². The number of fused-ring (bicyclic) bond motifs is 2. The van der Waals surface area contributed by atoms with Gasteiger partial charge in [-0.2, -0.15) is 0 Å². The quantitative estimate of drug-likeness (QED) is 0.623. The molecule has 172 valence electrons. The lowest BCUT2D eigenvalue weighted by atomic mass is 9.98. The van der Waals surface area contributed by atoms with Gasteiger partial charge in [0.15, 0.2) is 11.6 Å². The van der Waals surface area contributed by atoms with Crippen LogP contribution in [0.4, 0.5) is 8.78 Å². The SMILES string of the molecule is CCc1sc2ccccc2c1CN1CCN2C(=O)C(Cc3ccc(F)c(F)c3)NC(=O)C2C1. The monoisotopic (exact) mass is 469 g/mol. The third kappa shape index (κ3) is 4.13. The largest absolute Gasteiger partial charge is 0.342 e. The van der Waals surface area contributed by atoms with Crippen LogP contribution in [0.5, 0.6) is 0 Å². The van der Waals surface area contributed by atoms with Gasteiger partial charge in [-0.25, -0.2) is 8.78 Å². The number of halogens is 2. The van der Waals surface area contributed by atoms with E-state index in [1.807, 2.05) is 11.3 Å². The number of benzene rings is 2. The van der Waals surface area contributed by atoms with Crippen molar-refractivity contribution in [1.82, 2.24) is 15.1 Å². The van der Waals surface area contributed by atoms with E-state index in [0.29, 0.717) is 25.2 Å². The minimum atomic E-state index is -0.957. The van der Waals surface area contributed by atoms with Crippen LogP contribution in [0.3, 0.4) is 0 Å². The van der Waals surface area contributed by atoms with Crippen molar-refractivity contribution in [2.75, 3.05) is 19.6 Å². The summed E-state index contributed by atoms with van der Waals surface area (Å²) in [5, 5.41) is 4.07. The normalized spacial score (nSPS) is 21.4. The van der Waals surface area contributed by atoms with E-state index in [2.05, 4.69) is 41.4 Å². The second kappa shape index (κ2) is 8.83. The second-order valence-electron chi connectivity index (χ2n) is 8.65. The molecule has 3 aromatic rings. The summed E-state index contributed by atoms with van der Waals surface area (Å²) < 4.78 is 28.1. The van der Waals surface area contributed by atoms with Gasteiger partial charge in [0, 0.05) is 42.2 Å². The van der Waals surface area contributed by atoms with Crippen LogP contribution in [0.1, 0.15) is 22.9 Å². The molecule has 2 aliphatic heterocycles. The Morgan fingerprint density at radius 3 is 2.70 bits per heavy atom. The predicted molar refractivity (Wildman–Crippen MR) is 124 cm³/mol. The van der Waals surface area contributed by atoms with Gasteiger partial charge in [0.25, 0.3) is 0 Å². The summed E-state index contributed by atoms with van der Waals surface area (Å²) in [7, 11) is 0. The number of aryl methyl sites for hydroxylation is 1. The second-order valence-corrected chi connectivity index (χ2v) is 9.79. The summed E-state index contributed by atoms with van der Waals surface area (Å²) in [5.74, 6) is -2.25. The van der Waals surface area contributed by atoms with E-state index in [-0.39, 0.29) is 18.2 Å². The molecule has 2 aliphatic rings. The molecule has 2 fully saturated rings. The maximum atomic E-state index is 13.6.